The average molecular weight is 228 g/mol. The predicted molar refractivity (Wildman–Crippen MR) is 64.1 cm³/mol. The topological polar surface area (TPSA) is 55.6 Å². The summed E-state index contributed by atoms with van der Waals surface area (Å²) in [6.07, 6.45) is 5.04. The molecule has 1 rings (SSSR count). The van der Waals surface area contributed by atoms with E-state index in [1.807, 2.05) is 0 Å². The fraction of sp³-hybridized carbons (Fsp3) is 0.917. The SMILES string of the molecule is CCN(CC(C)(N)C(=O)OC)C1CCCC1. The second kappa shape index (κ2) is 5.64. The Hall–Kier alpha value is -0.610. The molecule has 1 atom stereocenters. The van der Waals surface area contributed by atoms with Crippen LogP contribution in [0.3, 0.4) is 0 Å². The number of likely N-dealkylation sites (N-methyl/N-ethyl adjacent to an activating group) is 1. The van der Waals surface area contributed by atoms with Gasteiger partial charge in [0.15, 0.2) is 0 Å². The van der Waals surface area contributed by atoms with Gasteiger partial charge in [0.05, 0.1) is 7.11 Å². The highest BCUT2D eigenvalue weighted by Crippen LogP contribution is 2.24. The van der Waals surface area contributed by atoms with Crippen LogP contribution in [0.4, 0.5) is 0 Å². The van der Waals surface area contributed by atoms with Gasteiger partial charge >= 0.3 is 5.97 Å². The summed E-state index contributed by atoms with van der Waals surface area (Å²) in [4.78, 5) is 13.8. The Morgan fingerprint density at radius 1 is 1.50 bits per heavy atom. The molecule has 1 unspecified atom stereocenters. The minimum Gasteiger partial charge on any atom is -0.468 e. The van der Waals surface area contributed by atoms with Gasteiger partial charge in [-0.15, -0.1) is 0 Å². The Morgan fingerprint density at radius 3 is 2.50 bits per heavy atom. The van der Waals surface area contributed by atoms with E-state index in [4.69, 9.17) is 10.5 Å². The number of methoxy groups -OCH3 is 1. The number of nitrogens with two attached hydrogens (primary N) is 1. The van der Waals surface area contributed by atoms with Gasteiger partial charge in [-0.1, -0.05) is 19.8 Å². The van der Waals surface area contributed by atoms with Gasteiger partial charge in [-0.25, -0.2) is 0 Å². The first-order valence-corrected chi connectivity index (χ1v) is 6.12. The lowest BCUT2D eigenvalue weighted by Crippen LogP contribution is -2.56. The second-order valence-corrected chi connectivity index (χ2v) is 4.91. The minimum absolute atomic E-state index is 0.330. The van der Waals surface area contributed by atoms with Gasteiger partial charge in [-0.2, -0.15) is 0 Å². The maximum Gasteiger partial charge on any atom is 0.326 e. The average Bonchev–Trinajstić information content (AvgIpc) is 2.78. The zero-order valence-electron chi connectivity index (χ0n) is 10.7. The summed E-state index contributed by atoms with van der Waals surface area (Å²) in [5.74, 6) is -0.330. The van der Waals surface area contributed by atoms with E-state index in [1.165, 1.54) is 32.8 Å². The van der Waals surface area contributed by atoms with Crippen LogP contribution in [0.15, 0.2) is 0 Å². The molecule has 4 heteroatoms. The van der Waals surface area contributed by atoms with Gasteiger partial charge < -0.3 is 10.5 Å². The van der Waals surface area contributed by atoms with Crippen LogP contribution in [-0.4, -0.2) is 42.6 Å². The Morgan fingerprint density at radius 2 is 2.06 bits per heavy atom. The number of hydrogen-bond acceptors (Lipinski definition) is 4. The summed E-state index contributed by atoms with van der Waals surface area (Å²) < 4.78 is 4.73. The first kappa shape index (κ1) is 13.5. The highest BCUT2D eigenvalue weighted by Gasteiger charge is 2.34. The molecule has 0 aromatic carbocycles. The summed E-state index contributed by atoms with van der Waals surface area (Å²) in [6, 6.07) is 0.595. The summed E-state index contributed by atoms with van der Waals surface area (Å²) in [6.45, 7) is 5.39. The molecule has 1 aliphatic rings. The van der Waals surface area contributed by atoms with E-state index < -0.39 is 5.54 Å². The zero-order chi connectivity index (χ0) is 12.2. The molecule has 4 nitrogen and oxygen atoms in total. The third-order valence-electron chi connectivity index (χ3n) is 3.43. The molecular formula is C12H24N2O2. The maximum absolute atomic E-state index is 11.5. The molecular weight excluding hydrogens is 204 g/mol. The van der Waals surface area contributed by atoms with Gasteiger partial charge in [-0.05, 0) is 26.3 Å². The van der Waals surface area contributed by atoms with Crippen molar-refractivity contribution in [1.29, 1.82) is 0 Å². The van der Waals surface area contributed by atoms with Crippen LogP contribution < -0.4 is 5.73 Å². The molecule has 0 spiro atoms. The lowest BCUT2D eigenvalue weighted by Gasteiger charge is -2.33. The van der Waals surface area contributed by atoms with Crippen molar-refractivity contribution in [1.82, 2.24) is 4.90 Å². The third kappa shape index (κ3) is 3.19. The van der Waals surface area contributed by atoms with E-state index in [1.54, 1.807) is 6.92 Å². The number of hydrogen-bond donors (Lipinski definition) is 1. The van der Waals surface area contributed by atoms with E-state index in [9.17, 15) is 4.79 Å². The summed E-state index contributed by atoms with van der Waals surface area (Å²) in [5.41, 5.74) is 5.10. The molecule has 0 bridgehead atoms. The molecule has 2 N–H and O–H groups in total. The van der Waals surface area contributed by atoms with Gasteiger partial charge in [-0.3, -0.25) is 9.69 Å². The van der Waals surface area contributed by atoms with Crippen LogP contribution in [0, 0.1) is 0 Å². The van der Waals surface area contributed by atoms with Crippen LogP contribution in [0.1, 0.15) is 39.5 Å². The van der Waals surface area contributed by atoms with Crippen molar-refractivity contribution in [3.8, 4) is 0 Å². The molecule has 16 heavy (non-hydrogen) atoms. The molecule has 0 radical (unpaired) electrons. The van der Waals surface area contributed by atoms with Gasteiger partial charge in [0.1, 0.15) is 5.54 Å². The number of rotatable bonds is 5. The summed E-state index contributed by atoms with van der Waals surface area (Å²) in [5, 5.41) is 0. The predicted octanol–water partition coefficient (Wildman–Crippen LogP) is 1.14. The fourth-order valence-electron chi connectivity index (χ4n) is 2.49. The lowest BCUT2D eigenvalue weighted by atomic mass is 10.0. The van der Waals surface area contributed by atoms with Crippen LogP contribution in [0.2, 0.25) is 0 Å². The van der Waals surface area contributed by atoms with E-state index >= 15 is 0 Å². The molecule has 1 fully saturated rings. The van der Waals surface area contributed by atoms with Crippen molar-refractivity contribution >= 4 is 5.97 Å². The summed E-state index contributed by atoms with van der Waals surface area (Å²) >= 11 is 0. The Labute approximate surface area is 98.1 Å². The highest BCUT2D eigenvalue weighted by molar-refractivity contribution is 5.80. The second-order valence-electron chi connectivity index (χ2n) is 4.91. The largest absolute Gasteiger partial charge is 0.468 e. The minimum atomic E-state index is -0.895. The summed E-state index contributed by atoms with van der Waals surface area (Å²) in [7, 11) is 1.39. The van der Waals surface area contributed by atoms with E-state index in [2.05, 4.69) is 11.8 Å². The van der Waals surface area contributed by atoms with Gasteiger partial charge in [0, 0.05) is 12.6 Å². The van der Waals surface area contributed by atoms with E-state index in [0.717, 1.165) is 6.54 Å². The van der Waals surface area contributed by atoms with Gasteiger partial charge in [0.25, 0.3) is 0 Å². The standard InChI is InChI=1S/C12H24N2O2/c1-4-14(10-7-5-6-8-10)9-12(2,13)11(15)16-3/h10H,4-9,13H2,1-3H3. The number of esters is 1. The molecule has 0 amide bonds. The maximum atomic E-state index is 11.5. The monoisotopic (exact) mass is 228 g/mol. The Bertz CT molecular complexity index is 235. The number of ether oxygens (including phenoxy) is 1. The lowest BCUT2D eigenvalue weighted by molar-refractivity contribution is -0.147. The van der Waals surface area contributed by atoms with Crippen LogP contribution >= 0.6 is 0 Å². The van der Waals surface area contributed by atoms with Crippen molar-refractivity contribution in [2.24, 2.45) is 5.73 Å². The van der Waals surface area contributed by atoms with Crippen molar-refractivity contribution in [3.05, 3.63) is 0 Å². The van der Waals surface area contributed by atoms with Crippen molar-refractivity contribution in [3.63, 3.8) is 0 Å². The molecule has 0 heterocycles. The quantitative estimate of drug-likeness (QED) is 0.717. The zero-order valence-corrected chi connectivity index (χ0v) is 10.7. The molecule has 1 aliphatic carbocycles. The molecule has 0 aliphatic heterocycles. The molecule has 0 saturated heterocycles. The first-order chi connectivity index (χ1) is 7.51. The molecule has 1 saturated carbocycles. The van der Waals surface area contributed by atoms with Crippen molar-refractivity contribution in [2.75, 3.05) is 20.2 Å². The number of carbonyl (C=O) groups excluding carboxylic acids is 1. The van der Waals surface area contributed by atoms with Crippen LogP contribution in [-0.2, 0) is 9.53 Å². The fourth-order valence-corrected chi connectivity index (χ4v) is 2.49. The van der Waals surface area contributed by atoms with Crippen LogP contribution in [0.25, 0.3) is 0 Å². The number of nitrogens with zero attached hydrogens (tertiary/aromatic N) is 1. The molecule has 94 valence electrons. The Balaban J connectivity index is 2.57. The number of carbonyl (C=O) groups is 1. The molecule has 0 aromatic heterocycles. The van der Waals surface area contributed by atoms with Crippen molar-refractivity contribution in [2.45, 2.75) is 51.1 Å². The highest BCUT2D eigenvalue weighted by atomic mass is 16.5. The Kier molecular flexibility index (Phi) is 4.74. The third-order valence-corrected chi connectivity index (χ3v) is 3.43. The first-order valence-electron chi connectivity index (χ1n) is 6.12. The van der Waals surface area contributed by atoms with E-state index in [0.29, 0.717) is 12.6 Å². The van der Waals surface area contributed by atoms with Gasteiger partial charge in [0.2, 0.25) is 0 Å². The van der Waals surface area contributed by atoms with Crippen LogP contribution in [0.5, 0.6) is 0 Å². The van der Waals surface area contributed by atoms with Crippen molar-refractivity contribution < 1.29 is 9.53 Å². The smallest absolute Gasteiger partial charge is 0.326 e. The van der Waals surface area contributed by atoms with E-state index in [-0.39, 0.29) is 5.97 Å². The normalized spacial score (nSPS) is 21.1. The molecule has 0 aromatic rings.